The number of sulfonamides is 1. The Kier molecular flexibility index (Phi) is 4.56. The van der Waals surface area contributed by atoms with Gasteiger partial charge in [0.05, 0.1) is 18.0 Å². The number of phenolic OH excluding ortho intramolecular Hbond substituents is 1. The molecule has 0 aliphatic carbocycles. The maximum absolute atomic E-state index is 12.5. The Hall–Kier alpha value is -1.31. The average molecular weight is 326 g/mol. The highest BCUT2D eigenvalue weighted by Gasteiger charge is 2.31. The second-order valence-corrected chi connectivity index (χ2v) is 7.90. The first-order valence-corrected chi connectivity index (χ1v) is 9.26. The van der Waals surface area contributed by atoms with Gasteiger partial charge < -0.3 is 14.7 Å². The van der Waals surface area contributed by atoms with Crippen molar-refractivity contribution < 1.29 is 18.3 Å². The summed E-state index contributed by atoms with van der Waals surface area (Å²) in [6, 6.07) is 7.16. The summed E-state index contributed by atoms with van der Waals surface area (Å²) in [6.07, 6.45) is 0.830. The Morgan fingerprint density at radius 2 is 1.91 bits per heavy atom. The minimum absolute atomic E-state index is 0.126. The van der Waals surface area contributed by atoms with E-state index in [2.05, 4.69) is 0 Å². The fourth-order valence-electron chi connectivity index (χ4n) is 3.06. The summed E-state index contributed by atoms with van der Waals surface area (Å²) in [5.41, 5.74) is 0.767. The molecule has 1 aromatic carbocycles. The van der Waals surface area contributed by atoms with E-state index in [1.54, 1.807) is 16.4 Å². The highest BCUT2D eigenvalue weighted by molar-refractivity contribution is 7.89. The number of aromatic hydroxyl groups is 1. The topological polar surface area (TPSA) is 70.1 Å². The fraction of sp³-hybridized carbons (Fsp3) is 0.600. The highest BCUT2D eigenvalue weighted by atomic mass is 32.2. The number of para-hydroxylation sites is 2. The van der Waals surface area contributed by atoms with E-state index in [0.717, 1.165) is 12.1 Å². The van der Waals surface area contributed by atoms with Gasteiger partial charge in [0.15, 0.2) is 0 Å². The molecule has 0 saturated carbocycles. The largest absolute Gasteiger partial charge is 0.506 e. The van der Waals surface area contributed by atoms with Gasteiger partial charge in [0, 0.05) is 32.8 Å². The van der Waals surface area contributed by atoms with Gasteiger partial charge in [0.2, 0.25) is 10.0 Å². The third kappa shape index (κ3) is 3.37. The lowest BCUT2D eigenvalue weighted by atomic mass is 10.2. The summed E-state index contributed by atoms with van der Waals surface area (Å²) in [6.45, 7) is 3.34. The van der Waals surface area contributed by atoms with Gasteiger partial charge in [0.25, 0.3) is 0 Å². The minimum atomic E-state index is -3.22. The molecule has 0 aromatic heterocycles. The lowest BCUT2D eigenvalue weighted by Crippen LogP contribution is -2.49. The van der Waals surface area contributed by atoms with Crippen molar-refractivity contribution in [2.24, 2.45) is 5.92 Å². The number of hydrogen-bond donors (Lipinski definition) is 1. The number of benzene rings is 1. The SMILES string of the molecule is O=S(=O)(CC1CCOC1)N1CCN(c2ccccc2O)CC1. The molecule has 2 aliphatic heterocycles. The number of phenols is 1. The Bertz CT molecular complexity index is 606. The number of piperazine rings is 1. The zero-order chi connectivity index (χ0) is 15.6. The zero-order valence-corrected chi connectivity index (χ0v) is 13.3. The summed E-state index contributed by atoms with van der Waals surface area (Å²) < 4.78 is 31.7. The molecule has 22 heavy (non-hydrogen) atoms. The van der Waals surface area contributed by atoms with Crippen LogP contribution < -0.4 is 4.90 Å². The third-order valence-corrected chi connectivity index (χ3v) is 6.37. The molecule has 122 valence electrons. The van der Waals surface area contributed by atoms with Crippen LogP contribution in [0.5, 0.6) is 5.75 Å². The summed E-state index contributed by atoms with van der Waals surface area (Å²) >= 11 is 0. The van der Waals surface area contributed by atoms with E-state index in [-0.39, 0.29) is 17.4 Å². The smallest absolute Gasteiger partial charge is 0.214 e. The van der Waals surface area contributed by atoms with E-state index in [1.165, 1.54) is 0 Å². The van der Waals surface area contributed by atoms with Gasteiger partial charge in [-0.1, -0.05) is 12.1 Å². The van der Waals surface area contributed by atoms with E-state index in [9.17, 15) is 13.5 Å². The van der Waals surface area contributed by atoms with Crippen molar-refractivity contribution in [1.29, 1.82) is 0 Å². The highest BCUT2D eigenvalue weighted by Crippen LogP contribution is 2.28. The lowest BCUT2D eigenvalue weighted by Gasteiger charge is -2.35. The first-order chi connectivity index (χ1) is 10.6. The zero-order valence-electron chi connectivity index (χ0n) is 12.5. The van der Waals surface area contributed by atoms with Gasteiger partial charge in [-0.25, -0.2) is 8.42 Å². The standard InChI is InChI=1S/C15H22N2O4S/c18-15-4-2-1-3-14(15)16-6-8-17(9-7-16)22(19,20)12-13-5-10-21-11-13/h1-4,13,18H,5-12H2. The Balaban J connectivity index is 1.60. The summed E-state index contributed by atoms with van der Waals surface area (Å²) in [5, 5.41) is 9.89. The average Bonchev–Trinajstić information content (AvgIpc) is 3.00. The van der Waals surface area contributed by atoms with Crippen LogP contribution in [0.25, 0.3) is 0 Å². The van der Waals surface area contributed by atoms with Crippen molar-refractivity contribution in [2.75, 3.05) is 50.0 Å². The van der Waals surface area contributed by atoms with E-state index in [1.807, 2.05) is 17.0 Å². The van der Waals surface area contributed by atoms with Crippen molar-refractivity contribution in [3.05, 3.63) is 24.3 Å². The van der Waals surface area contributed by atoms with Crippen LogP contribution in [0, 0.1) is 5.92 Å². The number of rotatable bonds is 4. The molecule has 0 spiro atoms. The van der Waals surface area contributed by atoms with Gasteiger partial charge in [-0.15, -0.1) is 0 Å². The van der Waals surface area contributed by atoms with Crippen molar-refractivity contribution in [2.45, 2.75) is 6.42 Å². The summed E-state index contributed by atoms with van der Waals surface area (Å²) in [7, 11) is -3.22. The molecule has 1 atom stereocenters. The molecule has 3 rings (SSSR count). The number of nitrogens with zero attached hydrogens (tertiary/aromatic N) is 2. The number of anilines is 1. The molecule has 2 aliphatic rings. The van der Waals surface area contributed by atoms with Crippen LogP contribution in [0.15, 0.2) is 24.3 Å². The molecule has 2 saturated heterocycles. The Labute approximate surface area is 131 Å². The first-order valence-electron chi connectivity index (χ1n) is 7.65. The molecular formula is C15H22N2O4S. The van der Waals surface area contributed by atoms with Crippen LogP contribution >= 0.6 is 0 Å². The third-order valence-electron chi connectivity index (χ3n) is 4.32. The molecule has 0 amide bonds. The van der Waals surface area contributed by atoms with Gasteiger partial charge >= 0.3 is 0 Å². The monoisotopic (exact) mass is 326 g/mol. The predicted molar refractivity (Wildman–Crippen MR) is 84.6 cm³/mol. The Morgan fingerprint density at radius 3 is 2.55 bits per heavy atom. The number of ether oxygens (including phenoxy) is 1. The lowest BCUT2D eigenvalue weighted by molar-refractivity contribution is 0.188. The molecule has 1 aromatic rings. The van der Waals surface area contributed by atoms with Crippen molar-refractivity contribution in [1.82, 2.24) is 4.31 Å². The quantitative estimate of drug-likeness (QED) is 0.889. The van der Waals surface area contributed by atoms with E-state index in [0.29, 0.717) is 39.4 Å². The maximum atomic E-state index is 12.5. The van der Waals surface area contributed by atoms with Crippen LogP contribution in [0.2, 0.25) is 0 Å². The predicted octanol–water partition coefficient (Wildman–Crippen LogP) is 0.880. The normalized spacial score (nSPS) is 23.8. The van der Waals surface area contributed by atoms with Gasteiger partial charge in [-0.3, -0.25) is 0 Å². The molecular weight excluding hydrogens is 304 g/mol. The van der Waals surface area contributed by atoms with E-state index < -0.39 is 10.0 Å². The number of hydrogen-bond acceptors (Lipinski definition) is 5. The van der Waals surface area contributed by atoms with Crippen molar-refractivity contribution in [3.63, 3.8) is 0 Å². The second kappa shape index (κ2) is 6.44. The molecule has 6 nitrogen and oxygen atoms in total. The maximum Gasteiger partial charge on any atom is 0.214 e. The van der Waals surface area contributed by atoms with Crippen LogP contribution in [-0.2, 0) is 14.8 Å². The molecule has 0 radical (unpaired) electrons. The van der Waals surface area contributed by atoms with Gasteiger partial charge in [-0.2, -0.15) is 4.31 Å². The Morgan fingerprint density at radius 1 is 1.18 bits per heavy atom. The summed E-state index contributed by atoms with van der Waals surface area (Å²) in [4.78, 5) is 2.03. The van der Waals surface area contributed by atoms with Crippen molar-refractivity contribution in [3.8, 4) is 5.75 Å². The fourth-order valence-corrected chi connectivity index (χ4v) is 4.85. The second-order valence-electron chi connectivity index (χ2n) is 5.88. The molecule has 2 fully saturated rings. The molecule has 1 unspecified atom stereocenters. The van der Waals surface area contributed by atoms with Crippen LogP contribution in [0.1, 0.15) is 6.42 Å². The molecule has 1 N–H and O–H groups in total. The summed E-state index contributed by atoms with van der Waals surface area (Å²) in [5.74, 6) is 0.548. The van der Waals surface area contributed by atoms with Crippen molar-refractivity contribution >= 4 is 15.7 Å². The van der Waals surface area contributed by atoms with Gasteiger partial charge in [-0.05, 0) is 24.5 Å². The first kappa shape index (κ1) is 15.6. The van der Waals surface area contributed by atoms with Crippen LogP contribution in [0.4, 0.5) is 5.69 Å². The van der Waals surface area contributed by atoms with E-state index >= 15 is 0 Å². The van der Waals surface area contributed by atoms with Crippen LogP contribution in [0.3, 0.4) is 0 Å². The molecule has 0 bridgehead atoms. The minimum Gasteiger partial charge on any atom is -0.506 e. The molecule has 2 heterocycles. The van der Waals surface area contributed by atoms with Crippen LogP contribution in [-0.4, -0.2) is 63.0 Å². The molecule has 7 heteroatoms. The van der Waals surface area contributed by atoms with E-state index in [4.69, 9.17) is 4.74 Å². The van der Waals surface area contributed by atoms with Gasteiger partial charge in [0.1, 0.15) is 5.75 Å².